The molecule has 3 heteroatoms. The third kappa shape index (κ3) is 6.78. The molecule has 0 aliphatic carbocycles. The Bertz CT molecular complexity index is 1440. The van der Waals surface area contributed by atoms with Crippen LogP contribution in [0.15, 0.2) is 115 Å². The highest BCUT2D eigenvalue weighted by Crippen LogP contribution is 2.31. The smallest absolute Gasteiger partial charge is 0.140 e. The van der Waals surface area contributed by atoms with Gasteiger partial charge in [0.15, 0.2) is 0 Å². The first-order chi connectivity index (χ1) is 19.8. The molecule has 0 aliphatic heterocycles. The van der Waals surface area contributed by atoms with Crippen molar-refractivity contribution in [3.05, 3.63) is 127 Å². The molecule has 0 saturated heterocycles. The average molecular weight is 528 g/mol. The maximum atomic E-state index is 5.33. The van der Waals surface area contributed by atoms with E-state index in [9.17, 15) is 0 Å². The SMILES string of the molecule is CCCCN(Cc1ccc(-c2ccccc2)cc1)Cc1c(-c2ccccc2)nc(-c2ccccc2)n1CCCC. The van der Waals surface area contributed by atoms with E-state index >= 15 is 0 Å². The Morgan fingerprint density at radius 2 is 1.12 bits per heavy atom. The molecule has 4 aromatic carbocycles. The number of aromatic nitrogens is 2. The first kappa shape index (κ1) is 27.6. The van der Waals surface area contributed by atoms with E-state index in [4.69, 9.17) is 4.98 Å². The second-order valence-corrected chi connectivity index (χ2v) is 10.6. The van der Waals surface area contributed by atoms with E-state index in [-0.39, 0.29) is 0 Å². The lowest BCUT2D eigenvalue weighted by Crippen LogP contribution is -2.26. The van der Waals surface area contributed by atoms with Crippen molar-refractivity contribution in [2.24, 2.45) is 0 Å². The van der Waals surface area contributed by atoms with Crippen molar-refractivity contribution in [3.8, 4) is 33.8 Å². The molecular formula is C37H41N3. The Balaban J connectivity index is 1.51. The van der Waals surface area contributed by atoms with E-state index in [2.05, 4.69) is 139 Å². The second-order valence-electron chi connectivity index (χ2n) is 10.6. The molecule has 0 N–H and O–H groups in total. The Labute approximate surface area is 240 Å². The van der Waals surface area contributed by atoms with Gasteiger partial charge in [0.2, 0.25) is 0 Å². The van der Waals surface area contributed by atoms with Gasteiger partial charge in [-0.2, -0.15) is 0 Å². The molecule has 204 valence electrons. The Hall–Kier alpha value is -3.95. The number of hydrogen-bond acceptors (Lipinski definition) is 2. The molecule has 5 aromatic rings. The van der Waals surface area contributed by atoms with Crippen LogP contribution in [0.5, 0.6) is 0 Å². The van der Waals surface area contributed by atoms with Crippen LogP contribution < -0.4 is 0 Å². The third-order valence-corrected chi connectivity index (χ3v) is 7.56. The number of rotatable bonds is 13. The zero-order valence-electron chi connectivity index (χ0n) is 24.0. The van der Waals surface area contributed by atoms with E-state index in [1.54, 1.807) is 0 Å². The van der Waals surface area contributed by atoms with Crippen molar-refractivity contribution in [3.63, 3.8) is 0 Å². The lowest BCUT2D eigenvalue weighted by molar-refractivity contribution is 0.246. The monoisotopic (exact) mass is 527 g/mol. The summed E-state index contributed by atoms with van der Waals surface area (Å²) < 4.78 is 2.50. The maximum Gasteiger partial charge on any atom is 0.140 e. The lowest BCUT2D eigenvalue weighted by atomic mass is 10.0. The number of unbranched alkanes of at least 4 members (excludes halogenated alkanes) is 2. The first-order valence-corrected chi connectivity index (χ1v) is 14.8. The van der Waals surface area contributed by atoms with Gasteiger partial charge < -0.3 is 4.57 Å². The maximum absolute atomic E-state index is 5.33. The van der Waals surface area contributed by atoms with E-state index < -0.39 is 0 Å². The fraction of sp³-hybridized carbons (Fsp3) is 0.270. The van der Waals surface area contributed by atoms with E-state index in [0.717, 1.165) is 50.5 Å². The summed E-state index contributed by atoms with van der Waals surface area (Å²) in [6.07, 6.45) is 4.64. The molecule has 0 aliphatic rings. The zero-order chi connectivity index (χ0) is 27.6. The van der Waals surface area contributed by atoms with Crippen LogP contribution in [-0.4, -0.2) is 21.0 Å². The highest BCUT2D eigenvalue weighted by Gasteiger charge is 2.21. The summed E-state index contributed by atoms with van der Waals surface area (Å²) in [7, 11) is 0. The van der Waals surface area contributed by atoms with Gasteiger partial charge in [-0.15, -0.1) is 0 Å². The molecule has 0 radical (unpaired) electrons. The van der Waals surface area contributed by atoms with Crippen LogP contribution in [0, 0.1) is 0 Å². The van der Waals surface area contributed by atoms with Crippen LogP contribution in [0.2, 0.25) is 0 Å². The summed E-state index contributed by atoms with van der Waals surface area (Å²) in [5, 5.41) is 0. The van der Waals surface area contributed by atoms with Gasteiger partial charge in [0.1, 0.15) is 5.82 Å². The quantitative estimate of drug-likeness (QED) is 0.152. The van der Waals surface area contributed by atoms with E-state index in [1.807, 2.05) is 0 Å². The van der Waals surface area contributed by atoms with Crippen molar-refractivity contribution < 1.29 is 0 Å². The van der Waals surface area contributed by atoms with Gasteiger partial charge in [-0.1, -0.05) is 142 Å². The van der Waals surface area contributed by atoms with Crippen LogP contribution in [0.1, 0.15) is 50.8 Å². The standard InChI is InChI=1S/C37H41N3/c1-3-5-26-39(28-30-22-24-32(25-23-30)31-16-10-7-11-17-31)29-35-36(33-18-12-8-13-19-33)38-37(40(35)27-6-4-2)34-20-14-9-15-21-34/h7-25H,3-6,26-29H2,1-2H3. The normalized spacial score (nSPS) is 11.3. The van der Waals surface area contributed by atoms with Crippen molar-refractivity contribution in [1.82, 2.24) is 14.5 Å². The lowest BCUT2D eigenvalue weighted by Gasteiger charge is -2.24. The molecule has 0 amide bonds. The fourth-order valence-corrected chi connectivity index (χ4v) is 5.34. The topological polar surface area (TPSA) is 21.1 Å². The predicted octanol–water partition coefficient (Wildman–Crippen LogP) is 9.49. The van der Waals surface area contributed by atoms with Crippen LogP contribution in [0.25, 0.3) is 33.8 Å². The third-order valence-electron chi connectivity index (χ3n) is 7.56. The molecule has 5 rings (SSSR count). The summed E-state index contributed by atoms with van der Waals surface area (Å²) in [4.78, 5) is 7.94. The minimum absolute atomic E-state index is 0.869. The zero-order valence-corrected chi connectivity index (χ0v) is 24.0. The minimum Gasteiger partial charge on any atom is -0.326 e. The Morgan fingerprint density at radius 1 is 0.575 bits per heavy atom. The summed E-state index contributed by atoms with van der Waals surface area (Å²) >= 11 is 0. The highest BCUT2D eigenvalue weighted by molar-refractivity contribution is 5.68. The number of benzene rings is 4. The van der Waals surface area contributed by atoms with Gasteiger partial charge in [0.05, 0.1) is 11.4 Å². The van der Waals surface area contributed by atoms with Gasteiger partial charge in [-0.25, -0.2) is 4.98 Å². The van der Waals surface area contributed by atoms with Crippen molar-refractivity contribution in [1.29, 1.82) is 0 Å². The number of imidazole rings is 1. The molecule has 1 heterocycles. The highest BCUT2D eigenvalue weighted by atomic mass is 15.2. The summed E-state index contributed by atoms with van der Waals surface area (Å²) in [5.74, 6) is 1.07. The van der Waals surface area contributed by atoms with Crippen LogP contribution >= 0.6 is 0 Å². The molecule has 0 bridgehead atoms. The summed E-state index contributed by atoms with van der Waals surface area (Å²) in [6.45, 7) is 8.37. The molecule has 0 saturated carbocycles. The van der Waals surface area contributed by atoms with Crippen LogP contribution in [0.4, 0.5) is 0 Å². The average Bonchev–Trinajstić information content (AvgIpc) is 3.38. The van der Waals surface area contributed by atoms with Gasteiger partial charge in [-0.05, 0) is 36.1 Å². The van der Waals surface area contributed by atoms with Crippen molar-refractivity contribution >= 4 is 0 Å². The van der Waals surface area contributed by atoms with Gasteiger partial charge >= 0.3 is 0 Å². The summed E-state index contributed by atoms with van der Waals surface area (Å²) in [5.41, 5.74) is 8.66. The first-order valence-electron chi connectivity index (χ1n) is 14.8. The molecule has 1 aromatic heterocycles. The molecule has 0 fully saturated rings. The predicted molar refractivity (Wildman–Crippen MR) is 169 cm³/mol. The molecule has 0 spiro atoms. The van der Waals surface area contributed by atoms with E-state index in [0.29, 0.717) is 0 Å². The Kier molecular flexibility index (Phi) is 9.60. The van der Waals surface area contributed by atoms with Crippen LogP contribution in [-0.2, 0) is 19.6 Å². The second kappa shape index (κ2) is 13.9. The van der Waals surface area contributed by atoms with Crippen molar-refractivity contribution in [2.75, 3.05) is 6.54 Å². The van der Waals surface area contributed by atoms with Gasteiger partial charge in [0.25, 0.3) is 0 Å². The summed E-state index contributed by atoms with van der Waals surface area (Å²) in [6, 6.07) is 41.1. The molecule has 0 unspecified atom stereocenters. The molecular weight excluding hydrogens is 486 g/mol. The fourth-order valence-electron chi connectivity index (χ4n) is 5.34. The van der Waals surface area contributed by atoms with Gasteiger partial charge in [-0.3, -0.25) is 4.90 Å². The molecule has 0 atom stereocenters. The van der Waals surface area contributed by atoms with Gasteiger partial charge in [0, 0.05) is 30.8 Å². The van der Waals surface area contributed by atoms with Crippen LogP contribution in [0.3, 0.4) is 0 Å². The number of hydrogen-bond donors (Lipinski definition) is 0. The van der Waals surface area contributed by atoms with Crippen molar-refractivity contribution in [2.45, 2.75) is 59.2 Å². The van der Waals surface area contributed by atoms with E-state index in [1.165, 1.54) is 46.4 Å². The Morgan fingerprint density at radius 3 is 1.73 bits per heavy atom. The minimum atomic E-state index is 0.869. The molecule has 3 nitrogen and oxygen atoms in total. The largest absolute Gasteiger partial charge is 0.326 e. The molecule has 40 heavy (non-hydrogen) atoms. The number of nitrogens with zero attached hydrogens (tertiary/aromatic N) is 3.